The maximum Gasteiger partial charge on any atom is 0.305 e. The number of carbonyl (C=O) groups excluding carboxylic acids is 1. The van der Waals surface area contributed by atoms with Crippen LogP contribution in [0.4, 0.5) is 11.4 Å². The summed E-state index contributed by atoms with van der Waals surface area (Å²) >= 11 is 0. The Morgan fingerprint density at radius 3 is 2.90 bits per heavy atom. The standard InChI is InChI=1S/C13H17N3O4/c1-14-11-4-2-3-10(12(11)16(19)20)13(18)15-6-5-9(7-15)8-17/h2-4,9,14,17H,5-8H2,1H3. The van der Waals surface area contributed by atoms with Gasteiger partial charge in [0, 0.05) is 32.7 Å². The topological polar surface area (TPSA) is 95.7 Å². The van der Waals surface area contributed by atoms with Crippen LogP contribution >= 0.6 is 0 Å². The van der Waals surface area contributed by atoms with Crippen molar-refractivity contribution in [3.63, 3.8) is 0 Å². The lowest BCUT2D eigenvalue weighted by Gasteiger charge is -2.17. The number of nitrogens with zero attached hydrogens (tertiary/aromatic N) is 2. The molecule has 1 fully saturated rings. The zero-order chi connectivity index (χ0) is 14.7. The van der Waals surface area contributed by atoms with E-state index < -0.39 is 4.92 Å². The molecule has 108 valence electrons. The van der Waals surface area contributed by atoms with E-state index in [2.05, 4.69) is 5.32 Å². The van der Waals surface area contributed by atoms with Gasteiger partial charge in [-0.2, -0.15) is 0 Å². The van der Waals surface area contributed by atoms with Crippen molar-refractivity contribution in [2.24, 2.45) is 5.92 Å². The van der Waals surface area contributed by atoms with Gasteiger partial charge < -0.3 is 15.3 Å². The number of aliphatic hydroxyl groups is 1. The molecule has 2 rings (SSSR count). The zero-order valence-corrected chi connectivity index (χ0v) is 11.2. The van der Waals surface area contributed by atoms with Crippen molar-refractivity contribution in [1.82, 2.24) is 4.90 Å². The number of amides is 1. The molecule has 1 atom stereocenters. The minimum Gasteiger partial charge on any atom is -0.396 e. The second kappa shape index (κ2) is 5.87. The summed E-state index contributed by atoms with van der Waals surface area (Å²) in [6.07, 6.45) is 0.724. The van der Waals surface area contributed by atoms with Crippen LogP contribution in [0.25, 0.3) is 0 Å². The minimum atomic E-state index is -0.543. The summed E-state index contributed by atoms with van der Waals surface area (Å²) in [6, 6.07) is 4.65. The van der Waals surface area contributed by atoms with Crippen LogP contribution in [0.15, 0.2) is 18.2 Å². The molecule has 1 saturated heterocycles. The minimum absolute atomic E-state index is 0.0302. The van der Waals surface area contributed by atoms with Gasteiger partial charge in [-0.05, 0) is 18.6 Å². The fraction of sp³-hybridized carbons (Fsp3) is 0.462. The molecule has 0 bridgehead atoms. The van der Waals surface area contributed by atoms with E-state index in [0.717, 1.165) is 6.42 Å². The van der Waals surface area contributed by atoms with Crippen LogP contribution in [0, 0.1) is 16.0 Å². The van der Waals surface area contributed by atoms with E-state index in [0.29, 0.717) is 18.8 Å². The van der Waals surface area contributed by atoms with Gasteiger partial charge in [0.25, 0.3) is 5.91 Å². The number of carbonyl (C=O) groups is 1. The lowest BCUT2D eigenvalue weighted by Crippen LogP contribution is -2.29. The Morgan fingerprint density at radius 2 is 2.35 bits per heavy atom. The zero-order valence-electron chi connectivity index (χ0n) is 11.2. The first-order valence-electron chi connectivity index (χ1n) is 6.43. The third-order valence-corrected chi connectivity index (χ3v) is 3.55. The number of rotatable bonds is 4. The molecule has 1 aromatic rings. The Kier molecular flexibility index (Phi) is 4.19. The number of likely N-dealkylation sites (tertiary alicyclic amines) is 1. The quantitative estimate of drug-likeness (QED) is 0.635. The number of nitrogens with one attached hydrogen (secondary N) is 1. The van der Waals surface area contributed by atoms with Gasteiger partial charge in [0.2, 0.25) is 0 Å². The normalized spacial score (nSPS) is 18.1. The van der Waals surface area contributed by atoms with Crippen LogP contribution in [0.1, 0.15) is 16.8 Å². The fourth-order valence-electron chi connectivity index (χ4n) is 2.45. The van der Waals surface area contributed by atoms with Crippen molar-refractivity contribution in [2.45, 2.75) is 6.42 Å². The second-order valence-electron chi connectivity index (χ2n) is 4.80. The molecule has 20 heavy (non-hydrogen) atoms. The Morgan fingerprint density at radius 1 is 1.60 bits per heavy atom. The van der Waals surface area contributed by atoms with Crippen LogP contribution in [-0.4, -0.2) is 47.6 Å². The third-order valence-electron chi connectivity index (χ3n) is 3.55. The maximum absolute atomic E-state index is 12.4. The molecule has 1 unspecified atom stereocenters. The Hall–Kier alpha value is -2.15. The van der Waals surface area contributed by atoms with Crippen LogP contribution in [0.5, 0.6) is 0 Å². The van der Waals surface area contributed by atoms with Crippen molar-refractivity contribution in [2.75, 3.05) is 32.1 Å². The van der Waals surface area contributed by atoms with Gasteiger partial charge in [-0.1, -0.05) is 6.07 Å². The Bertz CT molecular complexity index is 532. The summed E-state index contributed by atoms with van der Waals surface area (Å²) in [7, 11) is 1.58. The van der Waals surface area contributed by atoms with E-state index in [4.69, 9.17) is 5.11 Å². The highest BCUT2D eigenvalue weighted by atomic mass is 16.6. The molecular formula is C13H17N3O4. The number of nitro groups is 1. The van der Waals surface area contributed by atoms with Crippen molar-refractivity contribution in [1.29, 1.82) is 0 Å². The molecule has 7 heteroatoms. The van der Waals surface area contributed by atoms with Crippen LogP contribution < -0.4 is 5.32 Å². The first-order chi connectivity index (χ1) is 9.58. The lowest BCUT2D eigenvalue weighted by atomic mass is 10.1. The van der Waals surface area contributed by atoms with Gasteiger partial charge >= 0.3 is 5.69 Å². The van der Waals surface area contributed by atoms with Crippen molar-refractivity contribution in [3.05, 3.63) is 33.9 Å². The molecular weight excluding hydrogens is 262 g/mol. The average molecular weight is 279 g/mol. The number of hydrogen-bond acceptors (Lipinski definition) is 5. The largest absolute Gasteiger partial charge is 0.396 e. The lowest BCUT2D eigenvalue weighted by molar-refractivity contribution is -0.384. The van der Waals surface area contributed by atoms with Gasteiger partial charge in [-0.3, -0.25) is 14.9 Å². The summed E-state index contributed by atoms with van der Waals surface area (Å²) < 4.78 is 0. The summed E-state index contributed by atoms with van der Waals surface area (Å²) in [5, 5.41) is 23.0. The SMILES string of the molecule is CNc1cccc(C(=O)N2CCC(CO)C2)c1[N+](=O)[O-]. The van der Waals surface area contributed by atoms with Crippen molar-refractivity contribution >= 4 is 17.3 Å². The first kappa shape index (κ1) is 14.3. The summed E-state index contributed by atoms with van der Waals surface area (Å²) in [6.45, 7) is 0.990. The molecule has 1 aromatic carbocycles. The second-order valence-corrected chi connectivity index (χ2v) is 4.80. The van der Waals surface area contributed by atoms with E-state index in [1.54, 1.807) is 24.1 Å². The summed E-state index contributed by atoms with van der Waals surface area (Å²) in [4.78, 5) is 24.6. The van der Waals surface area contributed by atoms with Crippen molar-refractivity contribution < 1.29 is 14.8 Å². The highest BCUT2D eigenvalue weighted by Gasteiger charge is 2.31. The monoisotopic (exact) mass is 279 g/mol. The third kappa shape index (κ3) is 2.57. The number of benzene rings is 1. The molecule has 7 nitrogen and oxygen atoms in total. The highest BCUT2D eigenvalue weighted by Crippen LogP contribution is 2.30. The highest BCUT2D eigenvalue weighted by molar-refractivity contribution is 6.00. The number of hydrogen-bond donors (Lipinski definition) is 2. The predicted molar refractivity (Wildman–Crippen MR) is 73.7 cm³/mol. The smallest absolute Gasteiger partial charge is 0.305 e. The first-order valence-corrected chi connectivity index (χ1v) is 6.43. The molecule has 2 N–H and O–H groups in total. The number of anilines is 1. The summed E-state index contributed by atoms with van der Waals surface area (Å²) in [5.41, 5.74) is 0.201. The van der Waals surface area contributed by atoms with Crippen molar-refractivity contribution in [3.8, 4) is 0 Å². The van der Waals surface area contributed by atoms with E-state index >= 15 is 0 Å². The number of nitro benzene ring substituents is 1. The number of para-hydroxylation sites is 1. The molecule has 0 radical (unpaired) electrons. The predicted octanol–water partition coefficient (Wildman–Crippen LogP) is 1.09. The molecule has 1 heterocycles. The molecule has 1 aliphatic heterocycles. The van der Waals surface area contributed by atoms with Gasteiger partial charge in [0.15, 0.2) is 0 Å². The van der Waals surface area contributed by atoms with E-state index in [1.807, 2.05) is 0 Å². The number of aliphatic hydroxyl groups excluding tert-OH is 1. The van der Waals surface area contributed by atoms with Gasteiger partial charge in [0.1, 0.15) is 11.3 Å². The molecule has 1 amide bonds. The molecule has 0 saturated carbocycles. The molecule has 0 aliphatic carbocycles. The van der Waals surface area contributed by atoms with E-state index in [1.165, 1.54) is 6.07 Å². The summed E-state index contributed by atoms with van der Waals surface area (Å²) in [5.74, 6) is -0.296. The molecule has 0 spiro atoms. The van der Waals surface area contributed by atoms with Gasteiger partial charge in [-0.25, -0.2) is 0 Å². The van der Waals surface area contributed by atoms with Crippen LogP contribution in [0.3, 0.4) is 0 Å². The molecule has 1 aliphatic rings. The molecule has 0 aromatic heterocycles. The maximum atomic E-state index is 12.4. The van der Waals surface area contributed by atoms with E-state index in [9.17, 15) is 14.9 Å². The van der Waals surface area contributed by atoms with Gasteiger partial charge in [0.05, 0.1) is 4.92 Å². The van der Waals surface area contributed by atoms with E-state index in [-0.39, 0.29) is 29.7 Å². The van der Waals surface area contributed by atoms with Gasteiger partial charge in [-0.15, -0.1) is 0 Å². The fourth-order valence-corrected chi connectivity index (χ4v) is 2.45. The van der Waals surface area contributed by atoms with Crippen LogP contribution in [-0.2, 0) is 0 Å². The Labute approximate surface area is 116 Å². The Balaban J connectivity index is 2.33. The average Bonchev–Trinajstić information content (AvgIpc) is 2.94. The van der Waals surface area contributed by atoms with Crippen LogP contribution in [0.2, 0.25) is 0 Å².